The van der Waals surface area contributed by atoms with Crippen LogP contribution in [0.3, 0.4) is 0 Å². The number of hydrogen-bond acceptors (Lipinski definition) is 6. The van der Waals surface area contributed by atoms with Crippen LogP contribution in [0, 0.1) is 0 Å². The van der Waals surface area contributed by atoms with E-state index >= 15 is 0 Å². The van der Waals surface area contributed by atoms with Gasteiger partial charge >= 0.3 is 17.6 Å². The van der Waals surface area contributed by atoms with Crippen molar-refractivity contribution in [1.29, 1.82) is 0 Å². The Morgan fingerprint density at radius 1 is 1.33 bits per heavy atom. The molecule has 1 heterocycles. The molecule has 0 aromatic carbocycles. The first-order valence-electron chi connectivity index (χ1n) is 6.19. The average Bonchev–Trinajstić information content (AvgIpc) is 2.37. The fourth-order valence-corrected chi connectivity index (χ4v) is 1.60. The quantitative estimate of drug-likeness (QED) is 0.491. The molecule has 21 heavy (non-hydrogen) atoms. The summed E-state index contributed by atoms with van der Waals surface area (Å²) in [5, 5.41) is 0. The number of hydrogen-bond donors (Lipinski definition) is 1. The zero-order chi connectivity index (χ0) is 16.0. The maximum Gasteiger partial charge on any atom is 0.328 e. The lowest BCUT2D eigenvalue weighted by atomic mass is 10.0. The van der Waals surface area contributed by atoms with Crippen LogP contribution in [0.2, 0.25) is 0 Å². The third-order valence-corrected chi connectivity index (χ3v) is 2.54. The summed E-state index contributed by atoms with van der Waals surface area (Å²) in [5.41, 5.74) is -1.38. The van der Waals surface area contributed by atoms with Gasteiger partial charge in [0.15, 0.2) is 0 Å². The van der Waals surface area contributed by atoms with Crippen LogP contribution in [0.25, 0.3) is 0 Å². The topological polar surface area (TPSA) is 107 Å². The lowest BCUT2D eigenvalue weighted by molar-refractivity contribution is -0.156. The standard InChI is InChI=1S/C12H15BN2O6/c1-7(16)20-6-9(21-8(2)17)3-4-15-5-10(13)11(18)14-12(15)19/h5,9H,3-4,6H2,1-2H3,(H,14,18,19)/t9-/m0/s1. The molecule has 2 radical (unpaired) electrons. The van der Waals surface area contributed by atoms with E-state index in [1.165, 1.54) is 24.6 Å². The van der Waals surface area contributed by atoms with Gasteiger partial charge in [-0.25, -0.2) is 4.79 Å². The summed E-state index contributed by atoms with van der Waals surface area (Å²) in [4.78, 5) is 46.5. The Labute approximate surface area is 121 Å². The molecule has 0 bridgehead atoms. The molecular weight excluding hydrogens is 279 g/mol. The maximum absolute atomic E-state index is 11.6. The van der Waals surface area contributed by atoms with Crippen molar-refractivity contribution in [3.8, 4) is 0 Å². The van der Waals surface area contributed by atoms with Gasteiger partial charge < -0.3 is 14.0 Å². The van der Waals surface area contributed by atoms with Gasteiger partial charge in [0.25, 0.3) is 0 Å². The van der Waals surface area contributed by atoms with E-state index in [1.807, 2.05) is 0 Å². The van der Waals surface area contributed by atoms with Crippen LogP contribution in [0.1, 0.15) is 20.3 Å². The fourth-order valence-electron chi connectivity index (χ4n) is 1.60. The van der Waals surface area contributed by atoms with Crippen LogP contribution in [0.4, 0.5) is 0 Å². The molecule has 112 valence electrons. The second kappa shape index (κ2) is 7.46. The third-order valence-electron chi connectivity index (χ3n) is 2.54. The lowest BCUT2D eigenvalue weighted by Gasteiger charge is -2.17. The average molecular weight is 294 g/mol. The fraction of sp³-hybridized carbons (Fsp3) is 0.500. The summed E-state index contributed by atoms with van der Waals surface area (Å²) < 4.78 is 10.9. The van der Waals surface area contributed by atoms with E-state index in [0.29, 0.717) is 0 Å². The third kappa shape index (κ3) is 5.68. The van der Waals surface area contributed by atoms with Crippen molar-refractivity contribution in [2.75, 3.05) is 6.61 Å². The van der Waals surface area contributed by atoms with Gasteiger partial charge in [0, 0.05) is 33.0 Å². The minimum atomic E-state index is -0.688. The van der Waals surface area contributed by atoms with Crippen LogP contribution >= 0.6 is 0 Å². The number of H-pyrrole nitrogens is 1. The van der Waals surface area contributed by atoms with Crippen LogP contribution < -0.4 is 16.7 Å². The van der Waals surface area contributed by atoms with Crippen molar-refractivity contribution >= 4 is 25.2 Å². The van der Waals surface area contributed by atoms with Crippen molar-refractivity contribution in [3.05, 3.63) is 27.0 Å². The van der Waals surface area contributed by atoms with Gasteiger partial charge in [-0.05, 0) is 5.46 Å². The first-order chi connectivity index (χ1) is 9.79. The Balaban J connectivity index is 2.73. The number of nitrogens with one attached hydrogen (secondary N) is 1. The second-order valence-electron chi connectivity index (χ2n) is 4.36. The normalized spacial score (nSPS) is 11.7. The highest BCUT2D eigenvalue weighted by molar-refractivity contribution is 6.31. The van der Waals surface area contributed by atoms with E-state index in [9.17, 15) is 19.2 Å². The second-order valence-corrected chi connectivity index (χ2v) is 4.36. The molecule has 0 aliphatic heterocycles. The van der Waals surface area contributed by atoms with Crippen molar-refractivity contribution < 1.29 is 19.1 Å². The molecule has 0 aliphatic carbocycles. The van der Waals surface area contributed by atoms with E-state index in [4.69, 9.17) is 17.3 Å². The first kappa shape index (κ1) is 16.7. The van der Waals surface area contributed by atoms with Gasteiger partial charge in [-0.1, -0.05) is 0 Å². The summed E-state index contributed by atoms with van der Waals surface area (Å²) in [6.45, 7) is 2.49. The van der Waals surface area contributed by atoms with Gasteiger partial charge in [-0.2, -0.15) is 0 Å². The zero-order valence-corrected chi connectivity index (χ0v) is 11.8. The van der Waals surface area contributed by atoms with Gasteiger partial charge in [-0.15, -0.1) is 0 Å². The molecule has 0 saturated carbocycles. The van der Waals surface area contributed by atoms with Gasteiger partial charge in [0.05, 0.1) is 0 Å². The number of nitrogens with zero attached hydrogens (tertiary/aromatic N) is 1. The van der Waals surface area contributed by atoms with Crippen LogP contribution in [-0.4, -0.2) is 42.0 Å². The van der Waals surface area contributed by atoms with Crippen LogP contribution in [0.15, 0.2) is 15.8 Å². The number of rotatable bonds is 6. The molecule has 0 saturated heterocycles. The molecule has 1 aromatic rings. The number of carbonyl (C=O) groups is 2. The molecule has 0 aliphatic rings. The molecule has 8 nitrogen and oxygen atoms in total. The molecule has 0 amide bonds. The molecule has 0 unspecified atom stereocenters. The van der Waals surface area contributed by atoms with Gasteiger partial charge in [-0.3, -0.25) is 19.4 Å². The van der Waals surface area contributed by atoms with E-state index in [1.54, 1.807) is 0 Å². The van der Waals surface area contributed by atoms with Crippen molar-refractivity contribution in [2.45, 2.75) is 32.9 Å². The Hall–Kier alpha value is -2.32. The Morgan fingerprint density at radius 2 is 2.00 bits per heavy atom. The minimum Gasteiger partial charge on any atom is -0.462 e. The lowest BCUT2D eigenvalue weighted by Crippen LogP contribution is -2.40. The highest BCUT2D eigenvalue weighted by Crippen LogP contribution is 2.02. The Bertz CT molecular complexity index is 635. The smallest absolute Gasteiger partial charge is 0.328 e. The SMILES string of the molecule is [B]c1cn(CC[C@@H](COC(C)=O)OC(C)=O)c(=O)[nH]c1=O. The predicted molar refractivity (Wildman–Crippen MR) is 73.5 cm³/mol. The van der Waals surface area contributed by atoms with E-state index in [0.717, 1.165) is 0 Å². The van der Waals surface area contributed by atoms with Crippen LogP contribution in [0.5, 0.6) is 0 Å². The molecule has 1 aromatic heterocycles. The largest absolute Gasteiger partial charge is 0.462 e. The summed E-state index contributed by atoms with van der Waals surface area (Å²) >= 11 is 0. The summed E-state index contributed by atoms with van der Waals surface area (Å²) in [6.07, 6.45) is 0.738. The summed E-state index contributed by atoms with van der Waals surface area (Å²) in [5.74, 6) is -1.03. The zero-order valence-electron chi connectivity index (χ0n) is 11.8. The molecule has 1 atom stereocenters. The number of aromatic amines is 1. The van der Waals surface area contributed by atoms with Crippen molar-refractivity contribution in [3.63, 3.8) is 0 Å². The molecule has 0 fully saturated rings. The van der Waals surface area contributed by atoms with Gasteiger partial charge in [0.1, 0.15) is 20.6 Å². The van der Waals surface area contributed by atoms with E-state index < -0.39 is 29.3 Å². The number of aryl methyl sites for hydroxylation is 1. The highest BCUT2D eigenvalue weighted by Gasteiger charge is 2.14. The summed E-state index contributed by atoms with van der Waals surface area (Å²) in [7, 11) is 5.42. The molecule has 1 rings (SSSR count). The molecular formula is C12H15BN2O6. The number of aromatic nitrogens is 2. The molecule has 0 spiro atoms. The number of esters is 2. The monoisotopic (exact) mass is 294 g/mol. The van der Waals surface area contributed by atoms with Crippen LogP contribution in [-0.2, 0) is 25.6 Å². The van der Waals surface area contributed by atoms with Crippen molar-refractivity contribution in [1.82, 2.24) is 9.55 Å². The first-order valence-corrected chi connectivity index (χ1v) is 6.19. The number of ether oxygens (including phenoxy) is 2. The number of carbonyl (C=O) groups excluding carboxylic acids is 2. The predicted octanol–water partition coefficient (Wildman–Crippen LogP) is -1.78. The van der Waals surface area contributed by atoms with E-state index in [-0.39, 0.29) is 25.0 Å². The maximum atomic E-state index is 11.6. The van der Waals surface area contributed by atoms with E-state index in [2.05, 4.69) is 4.98 Å². The summed E-state index contributed by atoms with van der Waals surface area (Å²) in [6, 6.07) is 0. The molecule has 9 heteroatoms. The van der Waals surface area contributed by atoms with Gasteiger partial charge in [0.2, 0.25) is 5.56 Å². The Morgan fingerprint density at radius 3 is 2.57 bits per heavy atom. The highest BCUT2D eigenvalue weighted by atomic mass is 16.6. The van der Waals surface area contributed by atoms with Crippen molar-refractivity contribution in [2.24, 2.45) is 0 Å². The molecule has 1 N–H and O–H groups in total. The Kier molecular flexibility index (Phi) is 5.95. The minimum absolute atomic E-state index is 0.0985.